The minimum Gasteiger partial charge on any atom is -0.436 e. The minimum absolute atomic E-state index is 0.0284. The van der Waals surface area contributed by atoms with Crippen molar-refractivity contribution in [1.82, 2.24) is 24.8 Å². The first kappa shape index (κ1) is 23.6. The van der Waals surface area contributed by atoms with Crippen LogP contribution in [0.3, 0.4) is 0 Å². The van der Waals surface area contributed by atoms with Crippen LogP contribution in [0.2, 0.25) is 0 Å². The molecule has 0 aliphatic carbocycles. The molecule has 0 unspecified atom stereocenters. The summed E-state index contributed by atoms with van der Waals surface area (Å²) in [6, 6.07) is 10.3. The molecule has 3 heterocycles. The topological polar surface area (TPSA) is 103 Å². The lowest BCUT2D eigenvalue weighted by molar-refractivity contribution is -0.121. The van der Waals surface area contributed by atoms with E-state index < -0.39 is 0 Å². The monoisotopic (exact) mass is 481 g/mol. The fourth-order valence-electron chi connectivity index (χ4n) is 3.43. The smallest absolute Gasteiger partial charge is 0.299 e. The van der Waals surface area contributed by atoms with Gasteiger partial charge >= 0.3 is 0 Å². The number of pyridine rings is 1. The summed E-state index contributed by atoms with van der Waals surface area (Å²) < 4.78 is 20.7. The minimum atomic E-state index is -0.333. The van der Waals surface area contributed by atoms with Crippen LogP contribution in [0.25, 0.3) is 11.2 Å². The number of fused-ring (bicyclic) bond motifs is 1. The molecule has 176 valence electrons. The van der Waals surface area contributed by atoms with Crippen molar-refractivity contribution in [1.29, 1.82) is 0 Å². The van der Waals surface area contributed by atoms with Gasteiger partial charge in [-0.1, -0.05) is 30.0 Å². The number of hydrogen-bond acceptors (Lipinski definition) is 7. The molecule has 1 aromatic carbocycles. The molecule has 1 N–H and O–H groups in total. The first-order valence-electron chi connectivity index (χ1n) is 11.0. The van der Waals surface area contributed by atoms with Crippen molar-refractivity contribution in [3.05, 3.63) is 82.5 Å². The van der Waals surface area contributed by atoms with E-state index in [1.54, 1.807) is 30.6 Å². The van der Waals surface area contributed by atoms with Crippen LogP contribution in [0.5, 0.6) is 0 Å². The predicted molar refractivity (Wildman–Crippen MR) is 127 cm³/mol. The lowest BCUT2D eigenvalue weighted by Gasteiger charge is -2.11. The molecule has 0 saturated heterocycles. The van der Waals surface area contributed by atoms with Crippen LogP contribution in [-0.4, -0.2) is 32.0 Å². The van der Waals surface area contributed by atoms with Gasteiger partial charge in [0, 0.05) is 37.7 Å². The van der Waals surface area contributed by atoms with Crippen molar-refractivity contribution in [3.8, 4) is 0 Å². The van der Waals surface area contributed by atoms with Gasteiger partial charge in [-0.05, 0) is 48.6 Å². The Morgan fingerprint density at radius 1 is 1.15 bits per heavy atom. The van der Waals surface area contributed by atoms with Crippen LogP contribution in [-0.2, 0) is 23.5 Å². The molecule has 4 rings (SSSR count). The van der Waals surface area contributed by atoms with Crippen molar-refractivity contribution in [3.63, 3.8) is 0 Å². The number of hydrogen-bond donors (Lipinski definition) is 1. The number of benzene rings is 1. The molecule has 34 heavy (non-hydrogen) atoms. The van der Waals surface area contributed by atoms with Crippen LogP contribution >= 0.6 is 11.8 Å². The molecule has 0 aliphatic heterocycles. The Morgan fingerprint density at radius 2 is 1.97 bits per heavy atom. The van der Waals surface area contributed by atoms with Gasteiger partial charge in [0.15, 0.2) is 11.6 Å². The number of carbonyl (C=O) groups is 1. The van der Waals surface area contributed by atoms with Gasteiger partial charge in [-0.3, -0.25) is 19.1 Å². The van der Waals surface area contributed by atoms with Crippen molar-refractivity contribution >= 4 is 28.9 Å². The molecule has 1 amide bonds. The van der Waals surface area contributed by atoms with Crippen LogP contribution in [0.1, 0.15) is 30.4 Å². The molecule has 10 heteroatoms. The number of thioether (sulfide) groups is 1. The normalized spacial score (nSPS) is 11.1. The number of oxazole rings is 1. The zero-order valence-electron chi connectivity index (χ0n) is 18.4. The number of unbranched alkanes of at least 4 members (excludes halogenated alkanes) is 1. The molecular weight excluding hydrogens is 457 g/mol. The Bertz CT molecular complexity index is 1310. The molecule has 0 saturated carbocycles. The number of nitrogens with zero attached hydrogens (tertiary/aromatic N) is 4. The summed E-state index contributed by atoms with van der Waals surface area (Å²) in [6.45, 7) is 0.928. The quantitative estimate of drug-likeness (QED) is 0.198. The van der Waals surface area contributed by atoms with E-state index in [-0.39, 0.29) is 28.5 Å². The highest BCUT2D eigenvalue weighted by Crippen LogP contribution is 2.23. The molecule has 0 spiro atoms. The lowest BCUT2D eigenvalue weighted by Crippen LogP contribution is -2.26. The van der Waals surface area contributed by atoms with Crippen LogP contribution in [0.15, 0.2) is 69.6 Å². The third-order valence-corrected chi connectivity index (χ3v) is 6.28. The Labute approximate surface area is 199 Å². The average molecular weight is 482 g/mol. The fourth-order valence-corrected chi connectivity index (χ4v) is 4.43. The van der Waals surface area contributed by atoms with Crippen molar-refractivity contribution in [2.24, 2.45) is 0 Å². The molecule has 0 fully saturated rings. The first-order valence-corrected chi connectivity index (χ1v) is 12.0. The van der Waals surface area contributed by atoms with Gasteiger partial charge < -0.3 is 9.73 Å². The van der Waals surface area contributed by atoms with Gasteiger partial charge in [-0.25, -0.2) is 9.37 Å². The molecule has 0 bridgehead atoms. The van der Waals surface area contributed by atoms with Gasteiger partial charge in [-0.15, -0.1) is 0 Å². The van der Waals surface area contributed by atoms with E-state index in [1.165, 1.54) is 28.8 Å². The first-order chi connectivity index (χ1) is 16.6. The highest BCUT2D eigenvalue weighted by atomic mass is 32.2. The second-order valence-corrected chi connectivity index (χ2v) is 8.59. The Hall–Kier alpha value is -3.53. The Kier molecular flexibility index (Phi) is 8.03. The summed E-state index contributed by atoms with van der Waals surface area (Å²) in [5.74, 6) is -0.0109. The third-order valence-electron chi connectivity index (χ3n) is 5.26. The summed E-state index contributed by atoms with van der Waals surface area (Å²) in [6.07, 6.45) is 6.96. The maximum absolute atomic E-state index is 14.0. The number of carbonyl (C=O) groups excluding carboxylic acids is 1. The lowest BCUT2D eigenvalue weighted by atomic mass is 10.2. The summed E-state index contributed by atoms with van der Waals surface area (Å²) >= 11 is 1.27. The van der Waals surface area contributed by atoms with E-state index in [0.29, 0.717) is 48.8 Å². The summed E-state index contributed by atoms with van der Waals surface area (Å²) in [7, 11) is 0. The van der Waals surface area contributed by atoms with Gasteiger partial charge in [0.25, 0.3) is 5.56 Å². The molecule has 8 nitrogen and oxygen atoms in total. The van der Waals surface area contributed by atoms with E-state index >= 15 is 0 Å². The SMILES string of the molecule is O=C(CCCCn1c(SCc2ccccc2F)nc2ncoc2c1=O)NCCc1ccncc1. The van der Waals surface area contributed by atoms with Gasteiger partial charge in [0.2, 0.25) is 17.1 Å². The van der Waals surface area contributed by atoms with Gasteiger partial charge in [0.05, 0.1) is 0 Å². The summed E-state index contributed by atoms with van der Waals surface area (Å²) in [5.41, 5.74) is 1.62. The van der Waals surface area contributed by atoms with Gasteiger partial charge in [0.1, 0.15) is 5.82 Å². The van der Waals surface area contributed by atoms with Crippen LogP contribution < -0.4 is 10.9 Å². The molecule has 0 aliphatic rings. The predicted octanol–water partition coefficient (Wildman–Crippen LogP) is 3.74. The summed E-state index contributed by atoms with van der Waals surface area (Å²) in [5, 5.41) is 3.36. The number of nitrogens with one attached hydrogen (secondary N) is 1. The maximum Gasteiger partial charge on any atom is 0.299 e. The second kappa shape index (κ2) is 11.6. The maximum atomic E-state index is 14.0. The zero-order chi connectivity index (χ0) is 23.8. The van der Waals surface area contributed by atoms with Crippen molar-refractivity contribution in [2.45, 2.75) is 43.1 Å². The van der Waals surface area contributed by atoms with E-state index in [4.69, 9.17) is 4.42 Å². The largest absolute Gasteiger partial charge is 0.436 e. The van der Waals surface area contributed by atoms with Crippen molar-refractivity contribution in [2.75, 3.05) is 6.54 Å². The van der Waals surface area contributed by atoms with E-state index in [2.05, 4.69) is 20.3 Å². The number of halogens is 1. The fraction of sp³-hybridized carbons (Fsp3) is 0.292. The van der Waals surface area contributed by atoms with E-state index in [1.807, 2.05) is 12.1 Å². The summed E-state index contributed by atoms with van der Waals surface area (Å²) in [4.78, 5) is 37.5. The van der Waals surface area contributed by atoms with E-state index in [0.717, 1.165) is 12.0 Å². The molecule has 0 atom stereocenters. The Balaban J connectivity index is 1.33. The standard InChI is InChI=1S/C24H24FN5O3S/c25-19-6-2-1-5-18(19)15-34-24-29-22-21(33-16-28-22)23(32)30(24)14-4-3-7-20(31)27-13-10-17-8-11-26-12-9-17/h1-2,5-6,8-9,11-12,16H,3-4,7,10,13-15H2,(H,27,31). The van der Waals surface area contributed by atoms with Crippen LogP contribution in [0.4, 0.5) is 4.39 Å². The number of aromatic nitrogens is 4. The zero-order valence-corrected chi connectivity index (χ0v) is 19.3. The van der Waals surface area contributed by atoms with E-state index in [9.17, 15) is 14.0 Å². The second-order valence-electron chi connectivity index (χ2n) is 7.65. The highest BCUT2D eigenvalue weighted by molar-refractivity contribution is 7.98. The molecule has 0 radical (unpaired) electrons. The molecule has 4 aromatic rings. The van der Waals surface area contributed by atoms with Gasteiger partial charge in [-0.2, -0.15) is 4.98 Å². The molecule has 3 aromatic heterocycles. The number of rotatable bonds is 11. The molecular formula is C24H24FN5O3S. The number of amides is 1. The van der Waals surface area contributed by atoms with Crippen molar-refractivity contribution < 1.29 is 13.6 Å². The highest BCUT2D eigenvalue weighted by Gasteiger charge is 2.16. The Morgan fingerprint density at radius 3 is 2.79 bits per heavy atom. The average Bonchev–Trinajstić information content (AvgIpc) is 3.32. The van der Waals surface area contributed by atoms with Crippen LogP contribution in [0, 0.1) is 5.82 Å². The third kappa shape index (κ3) is 6.07.